The van der Waals surface area contributed by atoms with Gasteiger partial charge < -0.3 is 9.47 Å². The Morgan fingerprint density at radius 2 is 2.04 bits per heavy atom. The molecule has 2 aromatic rings. The maximum atomic E-state index is 11.4. The van der Waals surface area contributed by atoms with Crippen molar-refractivity contribution in [2.75, 3.05) is 7.11 Å². The monoisotopic (exact) mass is 347 g/mol. The maximum Gasteiger partial charge on any atom is 0.213 e. The fourth-order valence-electron chi connectivity index (χ4n) is 3.17. The van der Waals surface area contributed by atoms with Gasteiger partial charge in [0.1, 0.15) is 17.6 Å². The van der Waals surface area contributed by atoms with E-state index < -0.39 is 10.0 Å². The summed E-state index contributed by atoms with van der Waals surface area (Å²) in [5.41, 5.74) is 3.57. The van der Waals surface area contributed by atoms with Crippen molar-refractivity contribution in [2.45, 2.75) is 31.6 Å². The quantitative estimate of drug-likeness (QED) is 0.899. The highest BCUT2D eigenvalue weighted by molar-refractivity contribution is 7.88. The standard InChI is InChI=1S/C18H21NO4S/c1-3-5-15-14-10-12(11-24(19,20)21)8-9-13(14)18-16(22-2)6-4-7-17(18)23-15/h4,6-10,15H,3,5,11H2,1-2H3,(H2,19,20,21). The Morgan fingerprint density at radius 1 is 1.25 bits per heavy atom. The molecule has 0 radical (unpaired) electrons. The number of hydrogen-bond acceptors (Lipinski definition) is 4. The molecule has 128 valence electrons. The molecule has 1 unspecified atom stereocenters. The van der Waals surface area contributed by atoms with E-state index in [4.69, 9.17) is 14.6 Å². The number of fused-ring (bicyclic) bond motifs is 3. The number of primary sulfonamides is 1. The van der Waals surface area contributed by atoms with Crippen molar-refractivity contribution in [1.29, 1.82) is 0 Å². The Morgan fingerprint density at radius 3 is 2.71 bits per heavy atom. The molecule has 1 heterocycles. The fourth-order valence-corrected chi connectivity index (χ4v) is 3.81. The van der Waals surface area contributed by atoms with Crippen molar-refractivity contribution in [3.05, 3.63) is 47.5 Å². The second-order valence-electron chi connectivity index (χ2n) is 5.96. The molecule has 3 rings (SSSR count). The van der Waals surface area contributed by atoms with Crippen LogP contribution < -0.4 is 14.6 Å². The van der Waals surface area contributed by atoms with Gasteiger partial charge in [-0.1, -0.05) is 37.6 Å². The molecular weight excluding hydrogens is 326 g/mol. The number of benzene rings is 2. The van der Waals surface area contributed by atoms with Crippen molar-refractivity contribution >= 4 is 10.0 Å². The number of rotatable bonds is 5. The third-order valence-electron chi connectivity index (χ3n) is 4.13. The van der Waals surface area contributed by atoms with Gasteiger partial charge in [-0.05, 0) is 29.7 Å². The summed E-state index contributed by atoms with van der Waals surface area (Å²) in [5.74, 6) is 1.35. The summed E-state index contributed by atoms with van der Waals surface area (Å²) in [6, 6.07) is 11.3. The Labute approximate surface area is 142 Å². The van der Waals surface area contributed by atoms with Crippen LogP contribution in [0.4, 0.5) is 0 Å². The van der Waals surface area contributed by atoms with E-state index in [-0.39, 0.29) is 11.9 Å². The SMILES string of the molecule is CCCC1Oc2cccc(OC)c2-c2ccc(CS(N)(=O)=O)cc21. The Hall–Kier alpha value is -2.05. The molecule has 0 saturated carbocycles. The summed E-state index contributed by atoms with van der Waals surface area (Å²) in [5, 5.41) is 5.18. The zero-order chi connectivity index (χ0) is 17.3. The van der Waals surface area contributed by atoms with Gasteiger partial charge in [0.15, 0.2) is 0 Å². The van der Waals surface area contributed by atoms with Crippen LogP contribution in [-0.4, -0.2) is 15.5 Å². The molecule has 1 atom stereocenters. The summed E-state index contributed by atoms with van der Waals surface area (Å²) in [6.07, 6.45) is 1.70. The van der Waals surface area contributed by atoms with Crippen LogP contribution in [0.5, 0.6) is 11.5 Å². The molecule has 0 aromatic heterocycles. The van der Waals surface area contributed by atoms with Gasteiger partial charge in [-0.2, -0.15) is 0 Å². The molecule has 0 fully saturated rings. The highest BCUT2D eigenvalue weighted by atomic mass is 32.2. The topological polar surface area (TPSA) is 78.6 Å². The second-order valence-corrected chi connectivity index (χ2v) is 7.57. The normalized spacial score (nSPS) is 16.0. The molecule has 0 bridgehead atoms. The van der Waals surface area contributed by atoms with Crippen LogP contribution in [-0.2, 0) is 15.8 Å². The largest absolute Gasteiger partial charge is 0.496 e. The number of sulfonamides is 1. The van der Waals surface area contributed by atoms with Gasteiger partial charge in [-0.25, -0.2) is 13.6 Å². The van der Waals surface area contributed by atoms with Crippen LogP contribution in [0.15, 0.2) is 36.4 Å². The van der Waals surface area contributed by atoms with Crippen molar-refractivity contribution in [3.63, 3.8) is 0 Å². The summed E-state index contributed by atoms with van der Waals surface area (Å²) < 4.78 is 34.4. The van der Waals surface area contributed by atoms with E-state index in [0.717, 1.165) is 41.0 Å². The van der Waals surface area contributed by atoms with E-state index in [1.807, 2.05) is 30.3 Å². The minimum Gasteiger partial charge on any atom is -0.496 e. The average Bonchev–Trinajstić information content (AvgIpc) is 2.53. The minimum absolute atomic E-state index is 0.106. The van der Waals surface area contributed by atoms with Crippen LogP contribution >= 0.6 is 0 Å². The van der Waals surface area contributed by atoms with Crippen molar-refractivity contribution in [1.82, 2.24) is 0 Å². The van der Waals surface area contributed by atoms with Crippen LogP contribution in [0.2, 0.25) is 0 Å². The third-order valence-corrected chi connectivity index (χ3v) is 4.86. The predicted octanol–water partition coefficient (Wildman–Crippen LogP) is 3.38. The van der Waals surface area contributed by atoms with Crippen molar-refractivity contribution in [3.8, 4) is 22.6 Å². The van der Waals surface area contributed by atoms with Gasteiger partial charge in [-0.15, -0.1) is 0 Å². The van der Waals surface area contributed by atoms with E-state index in [1.165, 1.54) is 0 Å². The zero-order valence-electron chi connectivity index (χ0n) is 13.8. The van der Waals surface area contributed by atoms with Crippen LogP contribution in [0, 0.1) is 0 Å². The minimum atomic E-state index is -3.57. The lowest BCUT2D eigenvalue weighted by Crippen LogP contribution is -2.17. The highest BCUT2D eigenvalue weighted by Crippen LogP contribution is 2.48. The summed E-state index contributed by atoms with van der Waals surface area (Å²) in [6.45, 7) is 2.10. The van der Waals surface area contributed by atoms with Gasteiger partial charge in [0.2, 0.25) is 10.0 Å². The molecule has 0 saturated heterocycles. The summed E-state index contributed by atoms with van der Waals surface area (Å²) >= 11 is 0. The van der Waals surface area contributed by atoms with Gasteiger partial charge in [0.05, 0.1) is 18.4 Å². The Bertz CT molecular complexity index is 861. The molecule has 6 heteroatoms. The molecule has 1 aliphatic heterocycles. The van der Waals surface area contributed by atoms with Gasteiger partial charge in [0, 0.05) is 5.56 Å². The first-order valence-electron chi connectivity index (χ1n) is 7.90. The summed E-state index contributed by atoms with van der Waals surface area (Å²) in [7, 11) is -1.94. The smallest absolute Gasteiger partial charge is 0.213 e. The van der Waals surface area contributed by atoms with E-state index in [2.05, 4.69) is 6.92 Å². The van der Waals surface area contributed by atoms with Crippen molar-refractivity contribution < 1.29 is 17.9 Å². The lowest BCUT2D eigenvalue weighted by Gasteiger charge is -2.30. The zero-order valence-corrected chi connectivity index (χ0v) is 14.6. The highest BCUT2D eigenvalue weighted by Gasteiger charge is 2.28. The molecule has 0 aliphatic carbocycles. The molecule has 1 aliphatic rings. The first kappa shape index (κ1) is 16.8. The molecule has 0 spiro atoms. The molecule has 0 amide bonds. The van der Waals surface area contributed by atoms with E-state index in [1.54, 1.807) is 13.2 Å². The third kappa shape index (κ3) is 3.25. The number of ether oxygens (including phenoxy) is 2. The van der Waals surface area contributed by atoms with Crippen LogP contribution in [0.3, 0.4) is 0 Å². The molecule has 2 aromatic carbocycles. The van der Waals surface area contributed by atoms with Crippen LogP contribution in [0.1, 0.15) is 37.0 Å². The summed E-state index contributed by atoms with van der Waals surface area (Å²) in [4.78, 5) is 0. The molecule has 2 N–H and O–H groups in total. The number of hydrogen-bond donors (Lipinski definition) is 1. The van der Waals surface area contributed by atoms with Gasteiger partial charge in [0.25, 0.3) is 0 Å². The first-order valence-corrected chi connectivity index (χ1v) is 9.61. The molecule has 5 nitrogen and oxygen atoms in total. The van der Waals surface area contributed by atoms with E-state index >= 15 is 0 Å². The Kier molecular flexibility index (Phi) is 4.51. The fraction of sp³-hybridized carbons (Fsp3) is 0.333. The predicted molar refractivity (Wildman–Crippen MR) is 93.5 cm³/mol. The lowest BCUT2D eigenvalue weighted by molar-refractivity contribution is 0.189. The van der Waals surface area contributed by atoms with Crippen LogP contribution in [0.25, 0.3) is 11.1 Å². The van der Waals surface area contributed by atoms with Crippen molar-refractivity contribution in [2.24, 2.45) is 5.14 Å². The Balaban J connectivity index is 2.16. The van der Waals surface area contributed by atoms with Gasteiger partial charge >= 0.3 is 0 Å². The molecule has 24 heavy (non-hydrogen) atoms. The van der Waals surface area contributed by atoms with E-state index in [0.29, 0.717) is 5.56 Å². The first-order chi connectivity index (χ1) is 11.4. The number of methoxy groups -OCH3 is 1. The van der Waals surface area contributed by atoms with E-state index in [9.17, 15) is 8.42 Å². The lowest BCUT2D eigenvalue weighted by atomic mass is 9.89. The average molecular weight is 347 g/mol. The van der Waals surface area contributed by atoms with Gasteiger partial charge in [-0.3, -0.25) is 0 Å². The number of nitrogens with two attached hydrogens (primary N) is 1. The maximum absolute atomic E-state index is 11.4. The second kappa shape index (κ2) is 6.45. The molecular formula is C18H21NO4S.